The SMILES string of the molecule is O=C(/C=C/c1ccc(S(=O)(=O)O)cc1)c1c[n+](O)c2ccccc2[n+]1O.[Na+].[Na+]. The van der Waals surface area contributed by atoms with E-state index in [4.69, 9.17) is 4.55 Å². The number of hydrogen-bond acceptors (Lipinski definition) is 5. The van der Waals surface area contributed by atoms with Crippen LogP contribution in [0.5, 0.6) is 0 Å². The predicted octanol–water partition coefficient (Wildman–Crippen LogP) is -4.96. The Morgan fingerprint density at radius 2 is 1.50 bits per heavy atom. The van der Waals surface area contributed by atoms with Crippen LogP contribution in [0.1, 0.15) is 16.1 Å². The van der Waals surface area contributed by atoms with Crippen LogP contribution >= 0.6 is 0 Å². The number of benzene rings is 2. The van der Waals surface area contributed by atoms with Gasteiger partial charge in [0.2, 0.25) is 0 Å². The molecular formula is C17H14N2Na2O6S+4. The molecule has 0 saturated carbocycles. The molecule has 0 saturated heterocycles. The maximum Gasteiger partial charge on any atom is 1.00 e. The molecule has 0 unspecified atom stereocenters. The van der Waals surface area contributed by atoms with Crippen molar-refractivity contribution < 1.29 is 96.8 Å². The Bertz CT molecular complexity index is 1150. The average Bonchev–Trinajstić information content (AvgIpc) is 2.62. The summed E-state index contributed by atoms with van der Waals surface area (Å²) in [6.45, 7) is 0. The molecule has 0 aliphatic rings. The van der Waals surface area contributed by atoms with Gasteiger partial charge in [0.05, 0.1) is 4.90 Å². The number of allylic oxidation sites excluding steroid dienone is 1. The van der Waals surface area contributed by atoms with Gasteiger partial charge >= 0.3 is 82.0 Å². The first-order valence-corrected chi connectivity index (χ1v) is 8.79. The van der Waals surface area contributed by atoms with Crippen molar-refractivity contribution in [3.05, 3.63) is 72.1 Å². The van der Waals surface area contributed by atoms with Crippen LogP contribution in [0.2, 0.25) is 0 Å². The first-order chi connectivity index (χ1) is 12.3. The minimum atomic E-state index is -4.28. The van der Waals surface area contributed by atoms with E-state index in [1.807, 2.05) is 0 Å². The normalized spacial score (nSPS) is 11.0. The molecule has 3 aromatic rings. The summed E-state index contributed by atoms with van der Waals surface area (Å²) >= 11 is 0. The van der Waals surface area contributed by atoms with Gasteiger partial charge in [-0.2, -0.15) is 8.42 Å². The van der Waals surface area contributed by atoms with Crippen LogP contribution in [0, 0.1) is 0 Å². The van der Waals surface area contributed by atoms with Crippen LogP contribution in [-0.4, -0.2) is 29.2 Å². The number of ketones is 1. The molecule has 3 rings (SSSR count). The second-order valence-corrected chi connectivity index (χ2v) is 6.82. The molecule has 1 aromatic heterocycles. The summed E-state index contributed by atoms with van der Waals surface area (Å²) in [4.78, 5) is 12.1. The molecule has 11 heteroatoms. The molecule has 0 fully saturated rings. The number of fused-ring (bicyclic) bond motifs is 1. The van der Waals surface area contributed by atoms with Gasteiger partial charge in [-0.1, -0.05) is 30.3 Å². The number of aromatic nitrogens is 2. The van der Waals surface area contributed by atoms with E-state index in [1.54, 1.807) is 18.2 Å². The summed E-state index contributed by atoms with van der Waals surface area (Å²) in [5.74, 6) is -0.583. The largest absolute Gasteiger partial charge is 1.00 e. The molecule has 0 aliphatic heterocycles. The molecule has 0 bridgehead atoms. The smallest absolute Gasteiger partial charge is 0.284 e. The molecule has 28 heavy (non-hydrogen) atoms. The maximum absolute atomic E-state index is 12.3. The molecule has 8 nitrogen and oxygen atoms in total. The molecule has 3 N–H and O–H groups in total. The number of carbonyl (C=O) groups is 1. The zero-order chi connectivity index (χ0) is 18.9. The Morgan fingerprint density at radius 1 is 0.929 bits per heavy atom. The molecule has 2 aromatic carbocycles. The van der Waals surface area contributed by atoms with Gasteiger partial charge in [-0.05, 0) is 23.8 Å². The van der Waals surface area contributed by atoms with E-state index in [0.29, 0.717) is 15.8 Å². The second kappa shape index (κ2) is 9.95. The van der Waals surface area contributed by atoms with Crippen LogP contribution in [0.25, 0.3) is 17.1 Å². The van der Waals surface area contributed by atoms with E-state index < -0.39 is 15.9 Å². The molecule has 0 atom stereocenters. The zero-order valence-electron chi connectivity index (χ0n) is 15.2. The predicted molar refractivity (Wildman–Crippen MR) is 88.3 cm³/mol. The van der Waals surface area contributed by atoms with E-state index in [9.17, 15) is 23.6 Å². The maximum atomic E-state index is 12.3. The summed E-state index contributed by atoms with van der Waals surface area (Å²) < 4.78 is 32.3. The topological polar surface area (TPSA) is 120 Å². The van der Waals surface area contributed by atoms with Crippen LogP contribution in [-0.2, 0) is 10.1 Å². The Kier molecular flexibility index (Phi) is 8.79. The minimum Gasteiger partial charge on any atom is -0.284 e. The van der Waals surface area contributed by atoms with Gasteiger partial charge in [0.15, 0.2) is 0 Å². The Morgan fingerprint density at radius 3 is 2.07 bits per heavy atom. The van der Waals surface area contributed by atoms with Crippen molar-refractivity contribution in [3.8, 4) is 0 Å². The van der Waals surface area contributed by atoms with Crippen LogP contribution in [0.3, 0.4) is 0 Å². The fourth-order valence-corrected chi connectivity index (χ4v) is 2.86. The fraction of sp³-hybridized carbons (Fsp3) is 0. The molecular weight excluding hydrogens is 406 g/mol. The standard InChI is InChI=1S/C17H13N2O6S.2Na/c20-17(10-7-12-5-8-13(9-6-12)26(23,24)25)16-11-18(21)14-3-1-2-4-15(14)19(16)22;;/h1-11H,(H2-,20,21,22,23,24,25);;/q3*+1/p+1/b10-7+;;. The van der Waals surface area contributed by atoms with Crippen LogP contribution in [0.4, 0.5) is 0 Å². The van der Waals surface area contributed by atoms with Crippen molar-refractivity contribution in [2.24, 2.45) is 0 Å². The molecule has 0 radical (unpaired) electrons. The Balaban J connectivity index is 0.00000196. The van der Waals surface area contributed by atoms with Gasteiger partial charge in [-0.3, -0.25) is 19.8 Å². The third-order valence-corrected chi connectivity index (χ3v) is 4.55. The number of nitrogens with zero attached hydrogens (tertiary/aromatic N) is 2. The van der Waals surface area contributed by atoms with E-state index in [0.717, 1.165) is 10.9 Å². The van der Waals surface area contributed by atoms with E-state index in [-0.39, 0.29) is 75.2 Å². The second-order valence-electron chi connectivity index (χ2n) is 5.40. The van der Waals surface area contributed by atoms with Crippen molar-refractivity contribution >= 4 is 33.0 Å². The molecule has 0 aliphatic carbocycles. The summed E-state index contributed by atoms with van der Waals surface area (Å²) in [7, 11) is -4.28. The van der Waals surface area contributed by atoms with Gasteiger partial charge in [-0.15, -0.1) is 0 Å². The monoisotopic (exact) mass is 420 g/mol. The van der Waals surface area contributed by atoms with Crippen LogP contribution in [0.15, 0.2) is 65.7 Å². The van der Waals surface area contributed by atoms with Crippen molar-refractivity contribution in [2.45, 2.75) is 4.90 Å². The number of rotatable bonds is 4. The number of hydrogen-bond donors (Lipinski definition) is 3. The van der Waals surface area contributed by atoms with E-state index in [1.165, 1.54) is 42.5 Å². The first-order valence-electron chi connectivity index (χ1n) is 7.35. The summed E-state index contributed by atoms with van der Waals surface area (Å²) in [5.41, 5.74) is 0.896. The van der Waals surface area contributed by atoms with E-state index in [2.05, 4.69) is 0 Å². The van der Waals surface area contributed by atoms with E-state index >= 15 is 0 Å². The summed E-state index contributed by atoms with van der Waals surface area (Å²) in [6.07, 6.45) is 3.66. The number of para-hydroxylation sites is 2. The van der Waals surface area contributed by atoms with Crippen molar-refractivity contribution in [1.29, 1.82) is 0 Å². The van der Waals surface area contributed by atoms with Gasteiger partial charge in [0, 0.05) is 21.6 Å². The van der Waals surface area contributed by atoms with Gasteiger partial charge in [-0.25, -0.2) is 0 Å². The third kappa shape index (κ3) is 5.40. The zero-order valence-corrected chi connectivity index (χ0v) is 20.0. The molecule has 0 spiro atoms. The quantitative estimate of drug-likeness (QED) is 0.0972. The summed E-state index contributed by atoms with van der Waals surface area (Å²) in [5, 5.41) is 20.2. The Hall–Kier alpha value is -1.30. The Labute approximate surface area is 205 Å². The third-order valence-electron chi connectivity index (χ3n) is 3.69. The first kappa shape index (κ1) is 24.7. The fourth-order valence-electron chi connectivity index (χ4n) is 2.38. The summed E-state index contributed by atoms with van der Waals surface area (Å²) in [6, 6.07) is 11.6. The van der Waals surface area contributed by atoms with Gasteiger partial charge in [0.25, 0.3) is 15.9 Å². The number of carbonyl (C=O) groups excluding carboxylic acids is 1. The van der Waals surface area contributed by atoms with Crippen molar-refractivity contribution in [1.82, 2.24) is 0 Å². The van der Waals surface area contributed by atoms with Gasteiger partial charge < -0.3 is 0 Å². The average molecular weight is 420 g/mol. The van der Waals surface area contributed by atoms with Crippen molar-refractivity contribution in [3.63, 3.8) is 0 Å². The van der Waals surface area contributed by atoms with Crippen molar-refractivity contribution in [2.75, 3.05) is 0 Å². The molecule has 0 amide bonds. The minimum absolute atomic E-state index is 0. The molecule has 132 valence electrons. The van der Waals surface area contributed by atoms with Crippen LogP contribution < -0.4 is 68.6 Å². The molecule has 1 heterocycles. The van der Waals surface area contributed by atoms with Gasteiger partial charge in [0.1, 0.15) is 0 Å².